The Balaban J connectivity index is 0.000000153. The molecule has 1 aromatic rings. The van der Waals surface area contributed by atoms with Crippen molar-refractivity contribution in [2.24, 2.45) is 74.9 Å². The molecule has 0 aromatic heterocycles. The largest absolute Gasteiger partial charge is 0.508 e. The van der Waals surface area contributed by atoms with Crippen LogP contribution in [-0.2, 0) is 57.1 Å². The van der Waals surface area contributed by atoms with E-state index < -0.39 is 39.3 Å². The summed E-state index contributed by atoms with van der Waals surface area (Å²) in [5, 5.41) is 30.3. The van der Waals surface area contributed by atoms with Crippen LogP contribution in [0.15, 0.2) is 24.3 Å². The molecule has 10 aliphatic carbocycles. The van der Waals surface area contributed by atoms with Gasteiger partial charge in [-0.15, -0.1) is 0 Å². The molecule has 13 rings (SSSR count). The maximum Gasteiger partial charge on any atom is 0.313 e. The molecule has 84 heavy (non-hydrogen) atoms. The molecule has 476 valence electrons. The maximum atomic E-state index is 12.8. The minimum atomic E-state index is -0.842. The number of esters is 5. The van der Waals surface area contributed by atoms with Crippen LogP contribution in [0.1, 0.15) is 238 Å². The van der Waals surface area contributed by atoms with Crippen molar-refractivity contribution in [2.75, 3.05) is 19.8 Å². The topological polar surface area (TPSA) is 211 Å². The van der Waals surface area contributed by atoms with E-state index in [4.69, 9.17) is 38.3 Å². The Kier molecular flexibility index (Phi) is 21.1. The van der Waals surface area contributed by atoms with E-state index in [0.29, 0.717) is 80.3 Å². The normalized spacial score (nSPS) is 35.8. The molecule has 1 aromatic carbocycles. The van der Waals surface area contributed by atoms with Crippen LogP contribution in [0.4, 0.5) is 0 Å². The summed E-state index contributed by atoms with van der Waals surface area (Å²) in [6.07, 6.45) is 15.5. The van der Waals surface area contributed by atoms with E-state index in [1.807, 2.05) is 88.3 Å². The Labute approximate surface area is 503 Å². The molecule has 9 unspecified atom stereocenters. The first-order valence-corrected chi connectivity index (χ1v) is 32.6. The number of phenolic OH excluding ortho intramolecular Hbond substituents is 1. The lowest BCUT2D eigenvalue weighted by Gasteiger charge is -2.62. The van der Waals surface area contributed by atoms with Gasteiger partial charge in [0.1, 0.15) is 35.8 Å². The Morgan fingerprint density at radius 1 is 0.619 bits per heavy atom. The fraction of sp³-hybridized carbons (Fsp3) is 0.841. The third-order valence-electron chi connectivity index (χ3n) is 22.4. The van der Waals surface area contributed by atoms with Crippen molar-refractivity contribution in [1.82, 2.24) is 0 Å². The molecule has 15 nitrogen and oxygen atoms in total. The molecule has 12 aliphatic rings. The first-order chi connectivity index (χ1) is 39.1. The number of aromatic hydroxyl groups is 1. The molecule has 9 atom stereocenters. The van der Waals surface area contributed by atoms with Crippen molar-refractivity contribution < 1.29 is 72.5 Å². The summed E-state index contributed by atoms with van der Waals surface area (Å²) < 4.78 is 38.8. The maximum absolute atomic E-state index is 12.8. The predicted octanol–water partition coefficient (Wildman–Crippen LogP) is 13.1. The smallest absolute Gasteiger partial charge is 0.313 e. The molecule has 10 bridgehead atoms. The molecule has 12 fully saturated rings. The Morgan fingerprint density at radius 3 is 1.58 bits per heavy atom. The van der Waals surface area contributed by atoms with E-state index in [1.54, 1.807) is 12.1 Å². The summed E-state index contributed by atoms with van der Waals surface area (Å²) in [6.45, 7) is 33.6. The van der Waals surface area contributed by atoms with Gasteiger partial charge in [-0.1, -0.05) is 67.5 Å². The van der Waals surface area contributed by atoms with E-state index in [1.165, 1.54) is 37.7 Å². The van der Waals surface area contributed by atoms with E-state index >= 15 is 0 Å². The summed E-state index contributed by atoms with van der Waals surface area (Å²) in [6, 6.07) is 7.43. The predicted molar refractivity (Wildman–Crippen MR) is 320 cm³/mol. The first-order valence-electron chi connectivity index (χ1n) is 32.6. The lowest BCUT2D eigenvalue weighted by atomic mass is 9.47. The van der Waals surface area contributed by atoms with Gasteiger partial charge in [-0.2, -0.15) is 0 Å². The van der Waals surface area contributed by atoms with Gasteiger partial charge in [-0.05, 0) is 211 Å². The third-order valence-corrected chi connectivity index (χ3v) is 22.4. The second kappa shape index (κ2) is 26.1. The van der Waals surface area contributed by atoms with Gasteiger partial charge in [0, 0.05) is 31.1 Å². The number of ether oxygens (including phenoxy) is 7. The zero-order valence-corrected chi connectivity index (χ0v) is 54.4. The number of carbonyl (C=O) groups excluding carboxylic acids is 5. The van der Waals surface area contributed by atoms with Crippen LogP contribution in [0.2, 0.25) is 0 Å². The summed E-state index contributed by atoms with van der Waals surface area (Å²) in [5.41, 5.74) is -2.96. The summed E-state index contributed by atoms with van der Waals surface area (Å²) in [7, 11) is 0. The molecule has 2 heterocycles. The van der Waals surface area contributed by atoms with Crippen LogP contribution in [0.25, 0.3) is 0 Å². The molecule has 2 aliphatic heterocycles. The molecule has 0 amide bonds. The fourth-order valence-corrected chi connectivity index (χ4v) is 15.9. The van der Waals surface area contributed by atoms with Gasteiger partial charge in [-0.25, -0.2) is 0 Å². The van der Waals surface area contributed by atoms with Crippen LogP contribution in [0, 0.1) is 74.9 Å². The second-order valence-corrected chi connectivity index (χ2v) is 30.6. The SMILES string of the molecule is CCC(C)(C)C(=O)OC1(C(C)C)C2CC3CC(C2)CC1C3.CCC(C)(C)C(=O)OC12CC3CC(O)(CC(O)(C3)C1)C2.CCC(C)(C)C(=O)OC1C2CC3C(=O)OC1C3C2.CCC(C)(C)C(=O)OC1COCCO1.CCC(C)c1ccc(O)cc1. The van der Waals surface area contributed by atoms with Gasteiger partial charge < -0.3 is 48.5 Å². The summed E-state index contributed by atoms with van der Waals surface area (Å²) >= 11 is 0. The van der Waals surface area contributed by atoms with E-state index in [-0.39, 0.29) is 64.9 Å². The van der Waals surface area contributed by atoms with Crippen molar-refractivity contribution in [3.05, 3.63) is 29.8 Å². The first kappa shape index (κ1) is 67.7. The zero-order valence-electron chi connectivity index (χ0n) is 54.4. The van der Waals surface area contributed by atoms with Gasteiger partial charge in [0.05, 0.1) is 52.0 Å². The Hall–Kier alpha value is -3.79. The van der Waals surface area contributed by atoms with Gasteiger partial charge in [0.15, 0.2) is 0 Å². The highest BCUT2D eigenvalue weighted by molar-refractivity contribution is 5.79. The molecule has 10 saturated carbocycles. The summed E-state index contributed by atoms with van der Waals surface area (Å²) in [4.78, 5) is 60.5. The number of fused-ring (bicyclic) bond motifs is 1. The number of phenols is 1. The van der Waals surface area contributed by atoms with Crippen LogP contribution in [-0.4, -0.2) is 106 Å². The number of carbonyl (C=O) groups is 5. The van der Waals surface area contributed by atoms with Crippen molar-refractivity contribution in [2.45, 2.75) is 273 Å². The van der Waals surface area contributed by atoms with E-state index in [9.17, 15) is 34.2 Å². The van der Waals surface area contributed by atoms with Crippen LogP contribution in [0.5, 0.6) is 5.75 Å². The number of hydrogen-bond donors (Lipinski definition) is 3. The number of benzene rings is 1. The van der Waals surface area contributed by atoms with E-state index in [0.717, 1.165) is 76.0 Å². The average Bonchev–Trinajstić information content (AvgIpc) is 0.974. The molecule has 15 heteroatoms. The molecule has 3 N–H and O–H groups in total. The Bertz CT molecular complexity index is 2390. The zero-order chi connectivity index (χ0) is 62.2. The van der Waals surface area contributed by atoms with E-state index in [2.05, 4.69) is 34.6 Å². The lowest BCUT2D eigenvalue weighted by molar-refractivity contribution is -0.264. The third kappa shape index (κ3) is 14.8. The van der Waals surface area contributed by atoms with Crippen molar-refractivity contribution >= 4 is 29.8 Å². The Morgan fingerprint density at radius 2 is 1.12 bits per heavy atom. The quantitative estimate of drug-likeness (QED) is 0.110. The van der Waals surface area contributed by atoms with Gasteiger partial charge in [0.25, 0.3) is 0 Å². The highest BCUT2D eigenvalue weighted by Gasteiger charge is 2.66. The molecule has 0 spiro atoms. The number of hydrogen-bond acceptors (Lipinski definition) is 15. The van der Waals surface area contributed by atoms with Gasteiger partial charge >= 0.3 is 29.8 Å². The molecular formula is C69H110O15. The number of rotatable bonds is 15. The van der Waals surface area contributed by atoms with Gasteiger partial charge in [0.2, 0.25) is 6.29 Å². The highest BCUT2D eigenvalue weighted by Crippen LogP contribution is 2.63. The average molecular weight is 1180 g/mol. The van der Waals surface area contributed by atoms with Gasteiger partial charge in [-0.3, -0.25) is 24.0 Å². The van der Waals surface area contributed by atoms with Crippen molar-refractivity contribution in [3.8, 4) is 5.75 Å². The monoisotopic (exact) mass is 1180 g/mol. The minimum absolute atomic E-state index is 0.0335. The van der Waals surface area contributed by atoms with Crippen LogP contribution < -0.4 is 0 Å². The molecule has 0 radical (unpaired) electrons. The van der Waals surface area contributed by atoms with Crippen molar-refractivity contribution in [3.63, 3.8) is 0 Å². The van der Waals surface area contributed by atoms with Crippen molar-refractivity contribution in [1.29, 1.82) is 0 Å². The van der Waals surface area contributed by atoms with Crippen LogP contribution >= 0.6 is 0 Å². The fourth-order valence-electron chi connectivity index (χ4n) is 15.9. The minimum Gasteiger partial charge on any atom is -0.508 e. The molecular weight excluding hydrogens is 1070 g/mol. The highest BCUT2D eigenvalue weighted by atomic mass is 16.7. The lowest BCUT2D eigenvalue weighted by Crippen LogP contribution is -2.67. The second-order valence-electron chi connectivity index (χ2n) is 30.6. The summed E-state index contributed by atoms with van der Waals surface area (Å²) in [5.74, 6) is 4.77. The van der Waals surface area contributed by atoms with Crippen LogP contribution in [0.3, 0.4) is 0 Å². The molecule has 2 saturated heterocycles. The number of aliphatic hydroxyl groups is 2. The standard InChI is InChI=1S/C19H32O2.C16H26O4.C14H20O4.C10H18O4.C10H14O/c1-6-18(4,5)17(20)21-19(12(2)3)15-8-13-7-14(10-15)11-16(19)9-13;1-4-13(2,3)12(17)20-16-7-11-5-14(18,9-16)8-15(19,6-11)10-16;1-4-14(2,3)13(16)18-10-7-5-8-9(6-7)12(15)17-11(8)10;1-4-10(2,3)9(11)14-8-7-12-5-6-13-8;1-3-8(2)9-4-6-10(11)7-5-9/h12-16H,6-11H2,1-5H3;11,18-19H,4-10H2,1-3H3;7-11H,4-6H2,1-3H3;8H,4-7H2,1-3H3;4-8,11H,3H2,1-2H3.